The summed E-state index contributed by atoms with van der Waals surface area (Å²) in [6.45, 7) is 0. The van der Waals surface area contributed by atoms with Crippen LogP contribution < -0.4 is 10.5 Å². The van der Waals surface area contributed by atoms with E-state index >= 15 is 0 Å². The molecule has 2 rings (SSSR count). The molecule has 0 amide bonds. The highest BCUT2D eigenvalue weighted by atomic mass is 16.5. The molecule has 1 aromatic carbocycles. The number of hydrogen-bond donors (Lipinski definition) is 2. The standard InChI is InChI=1S/C14H11N3O3/c15-6-5-9-1-3-11(4-2-9)20-13-12(16)7-10(8-17-13)14(18)19/h1-4,7-8H,5,16H2,(H,18,19). The first kappa shape index (κ1) is 13.4. The van der Waals surface area contributed by atoms with E-state index in [0.29, 0.717) is 12.2 Å². The Labute approximate surface area is 115 Å². The first-order valence-corrected chi connectivity index (χ1v) is 5.72. The van der Waals surface area contributed by atoms with Crippen molar-refractivity contribution < 1.29 is 14.6 Å². The molecular weight excluding hydrogens is 258 g/mol. The Kier molecular flexibility index (Phi) is 3.82. The zero-order valence-electron chi connectivity index (χ0n) is 10.4. The molecule has 2 aromatic rings. The number of rotatable bonds is 4. The topological polar surface area (TPSA) is 109 Å². The Bertz CT molecular complexity index is 675. The molecule has 6 nitrogen and oxygen atoms in total. The average molecular weight is 269 g/mol. The van der Waals surface area contributed by atoms with E-state index in [0.717, 1.165) is 5.56 Å². The number of nitrogens with two attached hydrogens (primary N) is 1. The van der Waals surface area contributed by atoms with E-state index in [4.69, 9.17) is 20.8 Å². The number of anilines is 1. The summed E-state index contributed by atoms with van der Waals surface area (Å²) >= 11 is 0. The molecule has 3 N–H and O–H groups in total. The lowest BCUT2D eigenvalue weighted by Gasteiger charge is -2.08. The second kappa shape index (κ2) is 5.71. The number of benzene rings is 1. The minimum atomic E-state index is -1.10. The molecule has 0 saturated carbocycles. The number of carboxylic acid groups (broad SMARTS) is 1. The number of nitriles is 1. The first-order valence-electron chi connectivity index (χ1n) is 5.72. The van der Waals surface area contributed by atoms with Crippen molar-refractivity contribution in [2.24, 2.45) is 0 Å². The monoisotopic (exact) mass is 269 g/mol. The molecule has 1 heterocycles. The van der Waals surface area contributed by atoms with Gasteiger partial charge in [0, 0.05) is 6.20 Å². The highest BCUT2D eigenvalue weighted by Gasteiger charge is 2.09. The smallest absolute Gasteiger partial charge is 0.337 e. The number of carboxylic acids is 1. The maximum Gasteiger partial charge on any atom is 0.337 e. The van der Waals surface area contributed by atoms with Gasteiger partial charge in [0.1, 0.15) is 5.75 Å². The van der Waals surface area contributed by atoms with Crippen molar-refractivity contribution in [3.8, 4) is 17.7 Å². The maximum absolute atomic E-state index is 10.8. The number of nitrogens with zero attached hydrogens (tertiary/aromatic N) is 2. The predicted octanol–water partition coefficient (Wildman–Crippen LogP) is 2.22. The van der Waals surface area contributed by atoms with Gasteiger partial charge < -0.3 is 15.6 Å². The van der Waals surface area contributed by atoms with Crippen molar-refractivity contribution >= 4 is 11.7 Å². The molecule has 1 aromatic heterocycles. The third kappa shape index (κ3) is 3.03. The average Bonchev–Trinajstić information content (AvgIpc) is 2.43. The van der Waals surface area contributed by atoms with Gasteiger partial charge in [-0.1, -0.05) is 12.1 Å². The number of hydrogen-bond acceptors (Lipinski definition) is 5. The van der Waals surface area contributed by atoms with Crippen molar-refractivity contribution in [1.29, 1.82) is 5.26 Å². The molecule has 0 saturated heterocycles. The first-order chi connectivity index (χ1) is 9.60. The lowest BCUT2D eigenvalue weighted by molar-refractivity contribution is 0.0696. The van der Waals surface area contributed by atoms with Crippen LogP contribution in [0, 0.1) is 11.3 Å². The summed E-state index contributed by atoms with van der Waals surface area (Å²) in [5.74, 6) is -0.450. The van der Waals surface area contributed by atoms with Gasteiger partial charge >= 0.3 is 5.97 Å². The highest BCUT2D eigenvalue weighted by molar-refractivity contribution is 5.88. The maximum atomic E-state index is 10.8. The van der Waals surface area contributed by atoms with E-state index in [1.54, 1.807) is 24.3 Å². The van der Waals surface area contributed by atoms with Crippen LogP contribution in [0.5, 0.6) is 11.6 Å². The summed E-state index contributed by atoms with van der Waals surface area (Å²) in [6.07, 6.45) is 1.51. The summed E-state index contributed by atoms with van der Waals surface area (Å²) in [6, 6.07) is 10.3. The van der Waals surface area contributed by atoms with Crippen LogP contribution in [-0.4, -0.2) is 16.1 Å². The summed E-state index contributed by atoms with van der Waals surface area (Å²) < 4.78 is 5.47. The zero-order chi connectivity index (χ0) is 14.5. The molecule has 20 heavy (non-hydrogen) atoms. The summed E-state index contributed by atoms with van der Waals surface area (Å²) in [5, 5.41) is 17.4. The number of aromatic nitrogens is 1. The van der Waals surface area contributed by atoms with Gasteiger partial charge in [0.2, 0.25) is 5.88 Å². The van der Waals surface area contributed by atoms with Crippen LogP contribution >= 0.6 is 0 Å². The number of pyridine rings is 1. The molecule has 0 unspecified atom stereocenters. The van der Waals surface area contributed by atoms with Crippen molar-refractivity contribution in [3.05, 3.63) is 47.7 Å². The molecule has 0 aliphatic carbocycles. The van der Waals surface area contributed by atoms with Gasteiger partial charge in [-0.3, -0.25) is 0 Å². The molecule has 0 fully saturated rings. The fourth-order valence-corrected chi connectivity index (χ4v) is 1.55. The number of ether oxygens (including phenoxy) is 1. The summed E-state index contributed by atoms with van der Waals surface area (Å²) in [4.78, 5) is 14.6. The normalized spacial score (nSPS) is 9.75. The van der Waals surface area contributed by atoms with Crippen LogP contribution in [0.15, 0.2) is 36.5 Å². The van der Waals surface area contributed by atoms with E-state index in [1.807, 2.05) is 0 Å². The van der Waals surface area contributed by atoms with Gasteiger partial charge in [-0.2, -0.15) is 5.26 Å². The van der Waals surface area contributed by atoms with E-state index < -0.39 is 5.97 Å². The Hall–Kier alpha value is -3.07. The second-order valence-electron chi connectivity index (χ2n) is 4.00. The quantitative estimate of drug-likeness (QED) is 0.880. The number of carbonyl (C=O) groups is 1. The molecular formula is C14H11N3O3. The Morgan fingerprint density at radius 3 is 2.65 bits per heavy atom. The van der Waals surface area contributed by atoms with Gasteiger partial charge in [-0.25, -0.2) is 9.78 Å². The molecule has 0 atom stereocenters. The molecule has 0 bridgehead atoms. The molecule has 6 heteroatoms. The van der Waals surface area contributed by atoms with Crippen LogP contribution in [0.2, 0.25) is 0 Å². The summed E-state index contributed by atoms with van der Waals surface area (Å²) in [7, 11) is 0. The van der Waals surface area contributed by atoms with Gasteiger partial charge in [-0.05, 0) is 23.8 Å². The Balaban J connectivity index is 2.17. The van der Waals surface area contributed by atoms with E-state index in [2.05, 4.69) is 11.1 Å². The fraction of sp³-hybridized carbons (Fsp3) is 0.0714. The van der Waals surface area contributed by atoms with Crippen molar-refractivity contribution in [3.63, 3.8) is 0 Å². The number of aromatic carboxylic acids is 1. The SMILES string of the molecule is N#CCc1ccc(Oc2ncc(C(=O)O)cc2N)cc1. The van der Waals surface area contributed by atoms with Gasteiger partial charge in [0.05, 0.1) is 23.7 Å². The van der Waals surface area contributed by atoms with Gasteiger partial charge in [0.15, 0.2) is 0 Å². The minimum Gasteiger partial charge on any atom is -0.478 e. The van der Waals surface area contributed by atoms with Crippen LogP contribution in [-0.2, 0) is 6.42 Å². The van der Waals surface area contributed by atoms with Crippen LogP contribution in [0.25, 0.3) is 0 Å². The van der Waals surface area contributed by atoms with E-state index in [1.165, 1.54) is 12.3 Å². The Morgan fingerprint density at radius 2 is 2.10 bits per heavy atom. The highest BCUT2D eigenvalue weighted by Crippen LogP contribution is 2.25. The van der Waals surface area contributed by atoms with E-state index in [-0.39, 0.29) is 17.1 Å². The second-order valence-corrected chi connectivity index (χ2v) is 4.00. The number of nitrogen functional groups attached to an aromatic ring is 1. The minimum absolute atomic E-state index is 0.000724. The van der Waals surface area contributed by atoms with Gasteiger partial charge in [0.25, 0.3) is 0 Å². The molecule has 0 radical (unpaired) electrons. The predicted molar refractivity (Wildman–Crippen MR) is 71.4 cm³/mol. The molecule has 0 aliphatic rings. The zero-order valence-corrected chi connectivity index (χ0v) is 10.4. The fourth-order valence-electron chi connectivity index (χ4n) is 1.55. The lowest BCUT2D eigenvalue weighted by Crippen LogP contribution is -2.01. The lowest BCUT2D eigenvalue weighted by atomic mass is 10.2. The summed E-state index contributed by atoms with van der Waals surface area (Å²) in [5.41, 5.74) is 6.71. The van der Waals surface area contributed by atoms with Crippen LogP contribution in [0.3, 0.4) is 0 Å². The van der Waals surface area contributed by atoms with Crippen LogP contribution in [0.4, 0.5) is 5.69 Å². The third-order valence-corrected chi connectivity index (χ3v) is 2.55. The molecule has 0 spiro atoms. The van der Waals surface area contributed by atoms with Gasteiger partial charge in [-0.15, -0.1) is 0 Å². The van der Waals surface area contributed by atoms with Crippen molar-refractivity contribution in [1.82, 2.24) is 4.98 Å². The van der Waals surface area contributed by atoms with Crippen LogP contribution in [0.1, 0.15) is 15.9 Å². The van der Waals surface area contributed by atoms with Crippen molar-refractivity contribution in [2.45, 2.75) is 6.42 Å². The van der Waals surface area contributed by atoms with Crippen molar-refractivity contribution in [2.75, 3.05) is 5.73 Å². The largest absolute Gasteiger partial charge is 0.478 e. The molecule has 0 aliphatic heterocycles. The van der Waals surface area contributed by atoms with E-state index in [9.17, 15) is 4.79 Å². The molecule has 100 valence electrons. The Morgan fingerprint density at radius 1 is 1.40 bits per heavy atom. The third-order valence-electron chi connectivity index (χ3n) is 2.55.